The predicted octanol–water partition coefficient (Wildman–Crippen LogP) is 3.41. The average Bonchev–Trinajstić information content (AvgIpc) is 2.40. The largest absolute Gasteiger partial charge is 0.397 e. The summed E-state index contributed by atoms with van der Waals surface area (Å²) in [5.41, 5.74) is 8.95. The second kappa shape index (κ2) is 5.44. The van der Waals surface area contributed by atoms with E-state index in [1.54, 1.807) is 24.3 Å². The summed E-state index contributed by atoms with van der Waals surface area (Å²) in [6, 6.07) is 14.8. The van der Waals surface area contributed by atoms with Crippen molar-refractivity contribution < 1.29 is 0 Å². The van der Waals surface area contributed by atoms with E-state index in [-0.39, 0.29) is 0 Å². The minimum atomic E-state index is 0.597. The fraction of sp³-hybridized carbons (Fsp3) is 0.0714. The van der Waals surface area contributed by atoms with Crippen LogP contribution in [0.4, 0.5) is 11.4 Å². The molecular weight excluding hydrogens is 246 g/mol. The molecule has 0 aliphatic carbocycles. The molecule has 0 aromatic heterocycles. The first-order valence-corrected chi connectivity index (χ1v) is 5.85. The van der Waals surface area contributed by atoms with E-state index >= 15 is 0 Å². The standard InChI is InChI=1S/C14H12ClN3/c15-12-4-5-13(17)14(7-12)18-9-11-3-1-2-10(6-11)8-16/h1-7,18H,9,17H2. The number of hydrogen-bond acceptors (Lipinski definition) is 3. The number of nitrogens with one attached hydrogen (secondary N) is 1. The van der Waals surface area contributed by atoms with Crippen molar-refractivity contribution in [1.29, 1.82) is 5.26 Å². The topological polar surface area (TPSA) is 61.8 Å². The van der Waals surface area contributed by atoms with E-state index in [1.807, 2.05) is 18.2 Å². The number of halogens is 1. The zero-order valence-corrected chi connectivity index (χ0v) is 10.4. The van der Waals surface area contributed by atoms with Crippen molar-refractivity contribution >= 4 is 23.0 Å². The maximum absolute atomic E-state index is 8.82. The third-order valence-electron chi connectivity index (χ3n) is 2.55. The van der Waals surface area contributed by atoms with Gasteiger partial charge in [-0.15, -0.1) is 0 Å². The molecule has 0 aliphatic rings. The lowest BCUT2D eigenvalue weighted by Gasteiger charge is -2.09. The molecule has 0 amide bonds. The summed E-state index contributed by atoms with van der Waals surface area (Å²) in [5, 5.41) is 12.7. The van der Waals surface area contributed by atoms with Crippen molar-refractivity contribution in [2.45, 2.75) is 6.54 Å². The minimum absolute atomic E-state index is 0.597. The van der Waals surface area contributed by atoms with Gasteiger partial charge in [0.05, 0.1) is 23.0 Å². The first kappa shape index (κ1) is 12.3. The van der Waals surface area contributed by atoms with Crippen molar-refractivity contribution in [3.05, 3.63) is 58.6 Å². The number of hydrogen-bond donors (Lipinski definition) is 2. The van der Waals surface area contributed by atoms with Gasteiger partial charge in [0.2, 0.25) is 0 Å². The molecule has 0 heterocycles. The van der Waals surface area contributed by atoms with E-state index in [0.29, 0.717) is 22.8 Å². The SMILES string of the molecule is N#Cc1cccc(CNc2cc(Cl)ccc2N)c1. The number of nitriles is 1. The lowest BCUT2D eigenvalue weighted by molar-refractivity contribution is 1.15. The summed E-state index contributed by atoms with van der Waals surface area (Å²) in [7, 11) is 0. The highest BCUT2D eigenvalue weighted by Crippen LogP contribution is 2.23. The molecule has 0 saturated heterocycles. The third kappa shape index (κ3) is 2.93. The Kier molecular flexibility index (Phi) is 3.71. The summed E-state index contributed by atoms with van der Waals surface area (Å²) < 4.78 is 0. The van der Waals surface area contributed by atoms with Crippen LogP contribution in [0.15, 0.2) is 42.5 Å². The van der Waals surface area contributed by atoms with Crippen molar-refractivity contribution in [3.63, 3.8) is 0 Å². The average molecular weight is 258 g/mol. The monoisotopic (exact) mass is 257 g/mol. The van der Waals surface area contributed by atoms with E-state index in [4.69, 9.17) is 22.6 Å². The number of anilines is 2. The number of nitrogen functional groups attached to an aromatic ring is 1. The van der Waals surface area contributed by atoms with Crippen LogP contribution in [-0.4, -0.2) is 0 Å². The van der Waals surface area contributed by atoms with E-state index < -0.39 is 0 Å². The lowest BCUT2D eigenvalue weighted by Crippen LogP contribution is -2.02. The molecule has 0 fully saturated rings. The van der Waals surface area contributed by atoms with Crippen LogP contribution in [0.5, 0.6) is 0 Å². The van der Waals surface area contributed by atoms with Gasteiger partial charge in [-0.25, -0.2) is 0 Å². The van der Waals surface area contributed by atoms with Crippen molar-refractivity contribution in [2.75, 3.05) is 11.1 Å². The van der Waals surface area contributed by atoms with Gasteiger partial charge in [-0.2, -0.15) is 5.26 Å². The maximum Gasteiger partial charge on any atom is 0.0991 e. The quantitative estimate of drug-likeness (QED) is 0.829. The van der Waals surface area contributed by atoms with Crippen molar-refractivity contribution in [3.8, 4) is 6.07 Å². The molecule has 2 aromatic rings. The third-order valence-corrected chi connectivity index (χ3v) is 2.79. The Morgan fingerprint density at radius 1 is 1.22 bits per heavy atom. The van der Waals surface area contributed by atoms with Gasteiger partial charge in [0.1, 0.15) is 0 Å². The zero-order chi connectivity index (χ0) is 13.0. The van der Waals surface area contributed by atoms with E-state index in [0.717, 1.165) is 11.3 Å². The van der Waals surface area contributed by atoms with Gasteiger partial charge in [0.15, 0.2) is 0 Å². The van der Waals surface area contributed by atoms with Crippen LogP contribution >= 0.6 is 11.6 Å². The van der Waals surface area contributed by atoms with E-state index in [9.17, 15) is 0 Å². The first-order chi connectivity index (χ1) is 8.69. The molecular formula is C14H12ClN3. The van der Waals surface area contributed by atoms with Crippen LogP contribution in [0, 0.1) is 11.3 Å². The summed E-state index contributed by atoms with van der Waals surface area (Å²) in [6.45, 7) is 0.597. The second-order valence-electron chi connectivity index (χ2n) is 3.90. The zero-order valence-electron chi connectivity index (χ0n) is 9.65. The molecule has 2 rings (SSSR count). The van der Waals surface area contributed by atoms with Gasteiger partial charge in [-0.05, 0) is 35.9 Å². The molecule has 0 unspecified atom stereocenters. The van der Waals surface area contributed by atoms with Gasteiger partial charge in [-0.3, -0.25) is 0 Å². The van der Waals surface area contributed by atoms with Gasteiger partial charge < -0.3 is 11.1 Å². The van der Waals surface area contributed by atoms with Crippen LogP contribution in [0.2, 0.25) is 5.02 Å². The van der Waals surface area contributed by atoms with Crippen LogP contribution in [0.25, 0.3) is 0 Å². The summed E-state index contributed by atoms with van der Waals surface area (Å²) >= 11 is 5.91. The second-order valence-corrected chi connectivity index (χ2v) is 4.33. The molecule has 0 saturated carbocycles. The molecule has 18 heavy (non-hydrogen) atoms. The van der Waals surface area contributed by atoms with Crippen molar-refractivity contribution in [2.24, 2.45) is 0 Å². The fourth-order valence-electron chi connectivity index (χ4n) is 1.63. The Balaban J connectivity index is 2.11. The van der Waals surface area contributed by atoms with Gasteiger partial charge in [0, 0.05) is 11.6 Å². The molecule has 0 bridgehead atoms. The molecule has 0 radical (unpaired) electrons. The molecule has 3 N–H and O–H groups in total. The highest BCUT2D eigenvalue weighted by Gasteiger charge is 2.00. The van der Waals surface area contributed by atoms with Crippen molar-refractivity contribution in [1.82, 2.24) is 0 Å². The van der Waals surface area contributed by atoms with Crippen LogP contribution in [-0.2, 0) is 6.54 Å². The number of nitrogens with two attached hydrogens (primary N) is 1. The highest BCUT2D eigenvalue weighted by molar-refractivity contribution is 6.31. The Hall–Kier alpha value is -2.18. The Morgan fingerprint density at radius 3 is 2.83 bits per heavy atom. The van der Waals surface area contributed by atoms with E-state index in [2.05, 4.69) is 11.4 Å². The normalized spacial score (nSPS) is 9.78. The van der Waals surface area contributed by atoms with Gasteiger partial charge >= 0.3 is 0 Å². The molecule has 0 atom stereocenters. The summed E-state index contributed by atoms with van der Waals surface area (Å²) in [5.74, 6) is 0. The van der Waals surface area contributed by atoms with Crippen LogP contribution in [0.3, 0.4) is 0 Å². The lowest BCUT2D eigenvalue weighted by atomic mass is 10.1. The predicted molar refractivity (Wildman–Crippen MR) is 74.3 cm³/mol. The molecule has 4 heteroatoms. The molecule has 0 spiro atoms. The van der Waals surface area contributed by atoms with Crippen LogP contribution < -0.4 is 11.1 Å². The van der Waals surface area contributed by atoms with Gasteiger partial charge in [0.25, 0.3) is 0 Å². The Morgan fingerprint density at radius 2 is 2.06 bits per heavy atom. The minimum Gasteiger partial charge on any atom is -0.397 e. The molecule has 90 valence electrons. The number of rotatable bonds is 3. The molecule has 3 nitrogen and oxygen atoms in total. The van der Waals surface area contributed by atoms with Crippen LogP contribution in [0.1, 0.15) is 11.1 Å². The molecule has 0 aliphatic heterocycles. The number of nitrogens with zero attached hydrogens (tertiary/aromatic N) is 1. The first-order valence-electron chi connectivity index (χ1n) is 5.47. The summed E-state index contributed by atoms with van der Waals surface area (Å²) in [6.07, 6.45) is 0. The fourth-order valence-corrected chi connectivity index (χ4v) is 1.80. The number of benzene rings is 2. The maximum atomic E-state index is 8.82. The Labute approximate surface area is 111 Å². The summed E-state index contributed by atoms with van der Waals surface area (Å²) in [4.78, 5) is 0. The van der Waals surface area contributed by atoms with Gasteiger partial charge in [-0.1, -0.05) is 23.7 Å². The van der Waals surface area contributed by atoms with E-state index in [1.165, 1.54) is 0 Å². The molecule has 2 aromatic carbocycles. The highest BCUT2D eigenvalue weighted by atomic mass is 35.5. The smallest absolute Gasteiger partial charge is 0.0991 e. The Bertz CT molecular complexity index is 602.